The molecular formula is C30H41N3O5. The predicted octanol–water partition coefficient (Wildman–Crippen LogP) is 5.68. The van der Waals surface area contributed by atoms with Gasteiger partial charge in [0.05, 0.1) is 12.3 Å². The molecule has 1 aliphatic heterocycles. The lowest BCUT2D eigenvalue weighted by molar-refractivity contribution is -0.116. The molecule has 0 saturated carbocycles. The molecule has 0 spiro atoms. The van der Waals surface area contributed by atoms with Crippen LogP contribution >= 0.6 is 0 Å². The number of aldehydes is 1. The van der Waals surface area contributed by atoms with Crippen molar-refractivity contribution < 1.29 is 23.9 Å². The lowest BCUT2D eigenvalue weighted by Gasteiger charge is -2.27. The second kappa shape index (κ2) is 13.3. The van der Waals surface area contributed by atoms with Gasteiger partial charge in [-0.25, -0.2) is 4.79 Å². The van der Waals surface area contributed by atoms with E-state index in [2.05, 4.69) is 17.4 Å². The van der Waals surface area contributed by atoms with Crippen LogP contribution in [0.4, 0.5) is 16.2 Å². The predicted molar refractivity (Wildman–Crippen MR) is 151 cm³/mol. The maximum absolute atomic E-state index is 12.8. The van der Waals surface area contributed by atoms with Gasteiger partial charge in [-0.05, 0) is 87.9 Å². The van der Waals surface area contributed by atoms with Crippen LogP contribution in [0.2, 0.25) is 0 Å². The average Bonchev–Trinajstić information content (AvgIpc) is 3.29. The van der Waals surface area contributed by atoms with E-state index in [1.165, 1.54) is 5.56 Å². The fourth-order valence-corrected chi connectivity index (χ4v) is 4.51. The van der Waals surface area contributed by atoms with Crippen molar-refractivity contribution in [1.29, 1.82) is 0 Å². The minimum atomic E-state index is -0.584. The molecule has 2 amide bonds. The van der Waals surface area contributed by atoms with Crippen molar-refractivity contribution in [2.75, 3.05) is 43.0 Å². The Labute approximate surface area is 226 Å². The van der Waals surface area contributed by atoms with Crippen LogP contribution in [0.25, 0.3) is 11.1 Å². The molecule has 0 saturated heterocycles. The Morgan fingerprint density at radius 3 is 2.50 bits per heavy atom. The topological polar surface area (TPSA) is 88.2 Å². The third kappa shape index (κ3) is 7.97. The highest BCUT2D eigenvalue weighted by atomic mass is 16.6. The van der Waals surface area contributed by atoms with Gasteiger partial charge in [-0.1, -0.05) is 12.1 Å². The number of carbonyl (C=O) groups excluding carboxylic acids is 3. The number of rotatable bonds is 12. The largest absolute Gasteiger partial charge is 0.492 e. The maximum Gasteiger partial charge on any atom is 0.410 e. The number of benzene rings is 2. The molecule has 1 N–H and O–H groups in total. The molecule has 8 nitrogen and oxygen atoms in total. The molecule has 1 aliphatic rings. The molecular weight excluding hydrogens is 482 g/mol. The normalized spacial score (nSPS) is 12.6. The molecule has 0 atom stereocenters. The van der Waals surface area contributed by atoms with Gasteiger partial charge in [0.1, 0.15) is 17.6 Å². The first-order valence-electron chi connectivity index (χ1n) is 13.5. The van der Waals surface area contributed by atoms with E-state index in [1.54, 1.807) is 11.8 Å². The summed E-state index contributed by atoms with van der Waals surface area (Å²) in [5, 5.41) is 3.45. The van der Waals surface area contributed by atoms with Crippen LogP contribution in [0.5, 0.6) is 5.75 Å². The quantitative estimate of drug-likeness (QED) is 0.284. The van der Waals surface area contributed by atoms with E-state index < -0.39 is 5.60 Å². The van der Waals surface area contributed by atoms with Crippen LogP contribution in [0.15, 0.2) is 36.4 Å². The standard InChI is InChI=1S/C30H41N3O5/c1-6-37-28-13-11-24(23-10-12-27-25(20-23)14-17-33(27)22(2)35)21-26(28)31-15-18-32(16-8-7-9-19-34)29(36)38-30(3,4)5/h10-13,19-21,31H,6-9,14-18H2,1-5H3. The van der Waals surface area contributed by atoms with Gasteiger partial charge in [0.15, 0.2) is 0 Å². The summed E-state index contributed by atoms with van der Waals surface area (Å²) in [6.45, 7) is 11.8. The molecule has 0 aliphatic carbocycles. The molecule has 8 heteroatoms. The number of unbranched alkanes of at least 4 members (excludes halogenated alkanes) is 2. The van der Waals surface area contributed by atoms with E-state index >= 15 is 0 Å². The zero-order chi connectivity index (χ0) is 27.7. The molecule has 38 heavy (non-hydrogen) atoms. The number of amides is 2. The highest BCUT2D eigenvalue weighted by molar-refractivity contribution is 5.94. The first-order valence-corrected chi connectivity index (χ1v) is 13.5. The van der Waals surface area contributed by atoms with E-state index in [0.29, 0.717) is 39.2 Å². The summed E-state index contributed by atoms with van der Waals surface area (Å²) in [5.74, 6) is 0.809. The number of nitrogens with zero attached hydrogens (tertiary/aromatic N) is 2. The Morgan fingerprint density at radius 1 is 1.08 bits per heavy atom. The fraction of sp³-hybridized carbons (Fsp3) is 0.500. The lowest BCUT2D eigenvalue weighted by atomic mass is 10.0. The van der Waals surface area contributed by atoms with E-state index in [0.717, 1.165) is 53.8 Å². The van der Waals surface area contributed by atoms with Gasteiger partial charge in [0.2, 0.25) is 5.91 Å². The van der Waals surface area contributed by atoms with Gasteiger partial charge in [0.25, 0.3) is 0 Å². The van der Waals surface area contributed by atoms with E-state index in [-0.39, 0.29) is 12.0 Å². The van der Waals surface area contributed by atoms with Crippen LogP contribution in [0.3, 0.4) is 0 Å². The molecule has 0 fully saturated rings. The number of hydrogen-bond acceptors (Lipinski definition) is 6. The van der Waals surface area contributed by atoms with E-state index in [4.69, 9.17) is 9.47 Å². The summed E-state index contributed by atoms with van der Waals surface area (Å²) in [5.41, 5.74) is 4.54. The third-order valence-corrected chi connectivity index (χ3v) is 6.32. The molecule has 2 aromatic rings. The molecule has 3 rings (SSSR count). The molecule has 2 aromatic carbocycles. The van der Waals surface area contributed by atoms with E-state index in [9.17, 15) is 14.4 Å². The lowest BCUT2D eigenvalue weighted by Crippen LogP contribution is -2.40. The number of ether oxygens (including phenoxy) is 2. The zero-order valence-electron chi connectivity index (χ0n) is 23.3. The van der Waals surface area contributed by atoms with Crippen LogP contribution in [0.1, 0.15) is 59.4 Å². The van der Waals surface area contributed by atoms with Crippen LogP contribution in [0, 0.1) is 0 Å². The maximum atomic E-state index is 12.8. The number of hydrogen-bond donors (Lipinski definition) is 1. The second-order valence-corrected chi connectivity index (χ2v) is 10.5. The van der Waals surface area contributed by atoms with Crippen molar-refractivity contribution in [3.05, 3.63) is 42.0 Å². The first-order chi connectivity index (χ1) is 18.1. The number of carbonyl (C=O) groups is 3. The minimum absolute atomic E-state index is 0.0632. The van der Waals surface area contributed by atoms with Crippen molar-refractivity contribution >= 4 is 29.7 Å². The van der Waals surface area contributed by atoms with Gasteiger partial charge in [0, 0.05) is 45.2 Å². The van der Waals surface area contributed by atoms with Gasteiger partial charge in [-0.3, -0.25) is 4.79 Å². The average molecular weight is 524 g/mol. The van der Waals surface area contributed by atoms with Crippen molar-refractivity contribution in [3.8, 4) is 16.9 Å². The van der Waals surface area contributed by atoms with Crippen LogP contribution in [-0.4, -0.2) is 61.6 Å². The first kappa shape index (κ1) is 29.0. The van der Waals surface area contributed by atoms with Gasteiger partial charge >= 0.3 is 6.09 Å². The second-order valence-electron chi connectivity index (χ2n) is 10.5. The zero-order valence-corrected chi connectivity index (χ0v) is 23.3. The summed E-state index contributed by atoms with van der Waals surface area (Å²) >= 11 is 0. The van der Waals surface area contributed by atoms with Gasteiger partial charge < -0.3 is 29.4 Å². The Morgan fingerprint density at radius 2 is 1.82 bits per heavy atom. The highest BCUT2D eigenvalue weighted by Gasteiger charge is 2.23. The van der Waals surface area contributed by atoms with Crippen LogP contribution in [-0.2, 0) is 20.7 Å². The van der Waals surface area contributed by atoms with Crippen molar-refractivity contribution in [2.24, 2.45) is 0 Å². The monoisotopic (exact) mass is 523 g/mol. The Bertz CT molecular complexity index is 1130. The number of fused-ring (bicyclic) bond motifs is 1. The van der Waals surface area contributed by atoms with Gasteiger partial charge in [-0.2, -0.15) is 0 Å². The van der Waals surface area contributed by atoms with Crippen molar-refractivity contribution in [3.63, 3.8) is 0 Å². The molecule has 0 aromatic heterocycles. The van der Waals surface area contributed by atoms with E-state index in [1.807, 2.05) is 56.9 Å². The molecule has 0 radical (unpaired) electrons. The Kier molecular flexibility index (Phi) is 10.2. The number of nitrogens with one attached hydrogen (secondary N) is 1. The SMILES string of the molecule is CCOc1ccc(-c2ccc3c(c2)CCN3C(C)=O)cc1NCCN(CCCCC=O)C(=O)OC(C)(C)C. The summed E-state index contributed by atoms with van der Waals surface area (Å²) in [4.78, 5) is 38.9. The highest BCUT2D eigenvalue weighted by Crippen LogP contribution is 2.35. The Balaban J connectivity index is 1.74. The smallest absolute Gasteiger partial charge is 0.410 e. The summed E-state index contributed by atoms with van der Waals surface area (Å²) < 4.78 is 11.5. The molecule has 0 bridgehead atoms. The third-order valence-electron chi connectivity index (χ3n) is 6.32. The summed E-state index contributed by atoms with van der Waals surface area (Å²) in [6, 6.07) is 12.3. The van der Waals surface area contributed by atoms with Gasteiger partial charge in [-0.15, -0.1) is 0 Å². The fourth-order valence-electron chi connectivity index (χ4n) is 4.51. The summed E-state index contributed by atoms with van der Waals surface area (Å²) in [6.07, 6.45) is 3.34. The van der Waals surface area contributed by atoms with Crippen LogP contribution < -0.4 is 15.0 Å². The number of anilines is 2. The molecule has 0 unspecified atom stereocenters. The summed E-state index contributed by atoms with van der Waals surface area (Å²) in [7, 11) is 0. The molecule has 1 heterocycles. The molecule has 206 valence electrons. The van der Waals surface area contributed by atoms with Crippen molar-refractivity contribution in [1.82, 2.24) is 4.90 Å². The van der Waals surface area contributed by atoms with Crippen molar-refractivity contribution in [2.45, 2.75) is 65.9 Å². The Hall–Kier alpha value is -3.55. The minimum Gasteiger partial charge on any atom is -0.492 e.